The highest BCUT2D eigenvalue weighted by Gasteiger charge is 2.12. The summed E-state index contributed by atoms with van der Waals surface area (Å²) in [6.45, 7) is -0.100. The van der Waals surface area contributed by atoms with Gasteiger partial charge in [0.1, 0.15) is 0 Å². The molecule has 1 aromatic heterocycles. The summed E-state index contributed by atoms with van der Waals surface area (Å²) in [6, 6.07) is 15.0. The third-order valence-corrected chi connectivity index (χ3v) is 4.16. The Labute approximate surface area is 135 Å². The fourth-order valence-electron chi connectivity index (χ4n) is 2.01. The van der Waals surface area contributed by atoms with E-state index < -0.39 is 0 Å². The maximum atomic E-state index is 11.9. The van der Waals surface area contributed by atoms with E-state index in [0.717, 1.165) is 22.8 Å². The molecule has 0 aliphatic rings. The zero-order chi connectivity index (χ0) is 15.6. The second-order valence-electron chi connectivity index (χ2n) is 4.84. The molecule has 0 saturated heterocycles. The minimum atomic E-state index is -0.338. The van der Waals surface area contributed by atoms with Gasteiger partial charge in [-0.2, -0.15) is 11.8 Å². The van der Waals surface area contributed by atoms with Crippen LogP contribution < -0.4 is 5.32 Å². The molecule has 1 unspecified atom stereocenters. The first-order valence-corrected chi connectivity index (χ1v) is 8.38. The number of amides is 1. The van der Waals surface area contributed by atoms with Gasteiger partial charge in [-0.3, -0.25) is 9.78 Å². The van der Waals surface area contributed by atoms with Gasteiger partial charge in [-0.15, -0.1) is 0 Å². The minimum Gasteiger partial charge on any atom is -0.394 e. The van der Waals surface area contributed by atoms with Crippen LogP contribution in [0.15, 0.2) is 54.7 Å². The SMILES string of the molecule is O=C(CCSCc1ccccn1)NC(CO)c1ccccc1. The van der Waals surface area contributed by atoms with Crippen LogP contribution in [0.5, 0.6) is 0 Å². The summed E-state index contributed by atoms with van der Waals surface area (Å²) in [7, 11) is 0. The monoisotopic (exact) mass is 316 g/mol. The number of carbonyl (C=O) groups excluding carboxylic acids is 1. The van der Waals surface area contributed by atoms with Gasteiger partial charge in [-0.05, 0) is 17.7 Å². The molecule has 1 heterocycles. The van der Waals surface area contributed by atoms with E-state index in [2.05, 4.69) is 10.3 Å². The number of aliphatic hydroxyl groups is 1. The van der Waals surface area contributed by atoms with Crippen molar-refractivity contribution in [3.05, 3.63) is 66.0 Å². The summed E-state index contributed by atoms with van der Waals surface area (Å²) in [4.78, 5) is 16.2. The average Bonchev–Trinajstić information content (AvgIpc) is 2.58. The lowest BCUT2D eigenvalue weighted by molar-refractivity contribution is -0.121. The van der Waals surface area contributed by atoms with Crippen molar-refractivity contribution in [3.63, 3.8) is 0 Å². The van der Waals surface area contributed by atoms with Crippen molar-refractivity contribution < 1.29 is 9.90 Å². The highest BCUT2D eigenvalue weighted by molar-refractivity contribution is 7.98. The molecule has 2 aromatic rings. The Morgan fingerprint density at radius 1 is 1.18 bits per heavy atom. The molecule has 0 aliphatic carbocycles. The predicted octanol–water partition coefficient (Wildman–Crippen LogP) is 2.55. The molecule has 116 valence electrons. The van der Waals surface area contributed by atoms with Crippen LogP contribution in [0.25, 0.3) is 0 Å². The molecule has 1 atom stereocenters. The van der Waals surface area contributed by atoms with Crippen LogP contribution in [-0.4, -0.2) is 28.4 Å². The summed E-state index contributed by atoms with van der Waals surface area (Å²) in [6.07, 6.45) is 2.20. The van der Waals surface area contributed by atoms with E-state index in [0.29, 0.717) is 6.42 Å². The van der Waals surface area contributed by atoms with Crippen LogP contribution in [0.1, 0.15) is 23.7 Å². The maximum absolute atomic E-state index is 11.9. The van der Waals surface area contributed by atoms with E-state index in [1.165, 1.54) is 0 Å². The normalized spacial score (nSPS) is 11.9. The molecule has 0 aliphatic heterocycles. The molecule has 1 amide bonds. The van der Waals surface area contributed by atoms with Gasteiger partial charge in [0.15, 0.2) is 0 Å². The predicted molar refractivity (Wildman–Crippen MR) is 89.4 cm³/mol. The standard InChI is InChI=1S/C17H20N2O2S/c20-12-16(14-6-2-1-3-7-14)19-17(21)9-11-22-13-15-8-4-5-10-18-15/h1-8,10,16,20H,9,11-13H2,(H,19,21). The zero-order valence-electron chi connectivity index (χ0n) is 12.3. The lowest BCUT2D eigenvalue weighted by atomic mass is 10.1. The van der Waals surface area contributed by atoms with Gasteiger partial charge in [0.2, 0.25) is 5.91 Å². The summed E-state index contributed by atoms with van der Waals surface area (Å²) in [5.74, 6) is 1.49. The van der Waals surface area contributed by atoms with Gasteiger partial charge in [0.05, 0.1) is 18.3 Å². The summed E-state index contributed by atoms with van der Waals surface area (Å²) >= 11 is 1.68. The minimum absolute atomic E-state index is 0.0450. The van der Waals surface area contributed by atoms with E-state index in [-0.39, 0.29) is 18.6 Å². The summed E-state index contributed by atoms with van der Waals surface area (Å²) in [5, 5.41) is 12.3. The van der Waals surface area contributed by atoms with Crippen molar-refractivity contribution in [1.82, 2.24) is 10.3 Å². The van der Waals surface area contributed by atoms with Gasteiger partial charge in [0, 0.05) is 24.1 Å². The molecule has 0 fully saturated rings. The molecule has 0 spiro atoms. The van der Waals surface area contributed by atoms with Crippen molar-refractivity contribution in [2.75, 3.05) is 12.4 Å². The molecule has 0 radical (unpaired) electrons. The number of hydrogen-bond acceptors (Lipinski definition) is 4. The molecular formula is C17H20N2O2S. The van der Waals surface area contributed by atoms with Crippen molar-refractivity contribution in [2.45, 2.75) is 18.2 Å². The Bertz CT molecular complexity index is 563. The Morgan fingerprint density at radius 2 is 1.95 bits per heavy atom. The van der Waals surface area contributed by atoms with Gasteiger partial charge in [-0.25, -0.2) is 0 Å². The smallest absolute Gasteiger partial charge is 0.221 e. The molecule has 4 nitrogen and oxygen atoms in total. The number of aliphatic hydroxyl groups excluding tert-OH is 1. The molecular weight excluding hydrogens is 296 g/mol. The van der Waals surface area contributed by atoms with E-state index in [1.54, 1.807) is 18.0 Å². The molecule has 0 saturated carbocycles. The topological polar surface area (TPSA) is 62.2 Å². The highest BCUT2D eigenvalue weighted by Crippen LogP contribution is 2.13. The van der Waals surface area contributed by atoms with Crippen molar-refractivity contribution in [2.24, 2.45) is 0 Å². The highest BCUT2D eigenvalue weighted by atomic mass is 32.2. The van der Waals surface area contributed by atoms with E-state index >= 15 is 0 Å². The first-order chi connectivity index (χ1) is 10.8. The fraction of sp³-hybridized carbons (Fsp3) is 0.294. The number of thioether (sulfide) groups is 1. The second kappa shape index (κ2) is 9.23. The van der Waals surface area contributed by atoms with E-state index in [4.69, 9.17) is 0 Å². The molecule has 2 N–H and O–H groups in total. The maximum Gasteiger partial charge on any atom is 0.221 e. The van der Waals surface area contributed by atoms with Crippen LogP contribution in [0.4, 0.5) is 0 Å². The van der Waals surface area contributed by atoms with Crippen LogP contribution in [0.2, 0.25) is 0 Å². The number of pyridine rings is 1. The molecule has 22 heavy (non-hydrogen) atoms. The van der Waals surface area contributed by atoms with Crippen LogP contribution >= 0.6 is 11.8 Å². The van der Waals surface area contributed by atoms with Crippen LogP contribution in [0, 0.1) is 0 Å². The van der Waals surface area contributed by atoms with E-state index in [9.17, 15) is 9.90 Å². The summed E-state index contributed by atoms with van der Waals surface area (Å²) in [5.41, 5.74) is 1.94. The largest absolute Gasteiger partial charge is 0.394 e. The Kier molecular flexibility index (Phi) is 6.93. The molecule has 5 heteroatoms. The van der Waals surface area contributed by atoms with Gasteiger partial charge in [-0.1, -0.05) is 36.4 Å². The fourth-order valence-corrected chi connectivity index (χ4v) is 2.87. The van der Waals surface area contributed by atoms with Crippen molar-refractivity contribution in [1.29, 1.82) is 0 Å². The zero-order valence-corrected chi connectivity index (χ0v) is 13.1. The lowest BCUT2D eigenvalue weighted by Gasteiger charge is -2.16. The molecule has 0 bridgehead atoms. The second-order valence-corrected chi connectivity index (χ2v) is 5.94. The number of nitrogens with one attached hydrogen (secondary N) is 1. The van der Waals surface area contributed by atoms with Crippen molar-refractivity contribution >= 4 is 17.7 Å². The quantitative estimate of drug-likeness (QED) is 0.735. The first-order valence-electron chi connectivity index (χ1n) is 7.22. The number of hydrogen-bond donors (Lipinski definition) is 2. The Hall–Kier alpha value is -1.85. The third-order valence-electron chi connectivity index (χ3n) is 3.17. The number of carbonyl (C=O) groups is 1. The summed E-state index contributed by atoms with van der Waals surface area (Å²) < 4.78 is 0. The number of rotatable bonds is 8. The Balaban J connectivity index is 1.71. The number of nitrogens with zero attached hydrogens (tertiary/aromatic N) is 1. The van der Waals surface area contributed by atoms with Gasteiger partial charge >= 0.3 is 0 Å². The van der Waals surface area contributed by atoms with Crippen LogP contribution in [-0.2, 0) is 10.5 Å². The van der Waals surface area contributed by atoms with Crippen LogP contribution in [0.3, 0.4) is 0 Å². The van der Waals surface area contributed by atoms with Gasteiger partial charge in [0.25, 0.3) is 0 Å². The number of aromatic nitrogens is 1. The van der Waals surface area contributed by atoms with Crippen molar-refractivity contribution in [3.8, 4) is 0 Å². The molecule has 2 rings (SSSR count). The lowest BCUT2D eigenvalue weighted by Crippen LogP contribution is -2.30. The Morgan fingerprint density at radius 3 is 2.64 bits per heavy atom. The average molecular weight is 316 g/mol. The molecule has 1 aromatic carbocycles. The number of benzene rings is 1. The van der Waals surface area contributed by atoms with Gasteiger partial charge < -0.3 is 10.4 Å². The van der Waals surface area contributed by atoms with E-state index in [1.807, 2.05) is 48.5 Å². The third kappa shape index (κ3) is 5.50. The first kappa shape index (κ1) is 16.5.